The molecule has 1 fully saturated rings. The maximum absolute atomic E-state index is 13.5. The summed E-state index contributed by atoms with van der Waals surface area (Å²) < 4.78 is 49.2. The SMILES string of the molecule is CCCOc1ccc(S(=O)(=O)N2CCN(CC)CC2)cc1-c1nc2c(CCCF)cn(CC)c2c(=O)[nH]1. The normalized spacial score (nSPS) is 15.5. The van der Waals surface area contributed by atoms with E-state index in [1.54, 1.807) is 12.1 Å². The van der Waals surface area contributed by atoms with E-state index in [2.05, 4.69) is 16.8 Å². The van der Waals surface area contributed by atoms with Gasteiger partial charge in [0, 0.05) is 38.9 Å². The van der Waals surface area contributed by atoms with Crippen molar-refractivity contribution in [2.75, 3.05) is 46.0 Å². The number of likely N-dealkylation sites (N-methyl/N-ethyl adjacent to an activating group) is 1. The summed E-state index contributed by atoms with van der Waals surface area (Å²) in [5.41, 5.74) is 1.78. The van der Waals surface area contributed by atoms with E-state index in [1.807, 2.05) is 24.6 Å². The molecule has 4 rings (SSSR count). The minimum absolute atomic E-state index is 0.128. The highest BCUT2D eigenvalue weighted by Gasteiger charge is 2.29. The third kappa shape index (κ3) is 5.58. The summed E-state index contributed by atoms with van der Waals surface area (Å²) in [5.74, 6) is 0.672. The fourth-order valence-corrected chi connectivity index (χ4v) is 6.16. The largest absolute Gasteiger partial charge is 0.493 e. The highest BCUT2D eigenvalue weighted by Crippen LogP contribution is 2.33. The van der Waals surface area contributed by atoms with Crippen molar-refractivity contribution in [2.45, 2.75) is 51.5 Å². The van der Waals surface area contributed by atoms with Gasteiger partial charge in [0.2, 0.25) is 10.0 Å². The molecule has 9 nitrogen and oxygen atoms in total. The number of hydrogen-bond acceptors (Lipinski definition) is 6. The first-order valence-corrected chi connectivity index (χ1v) is 14.5. The number of alkyl halides is 1. The van der Waals surface area contributed by atoms with Crippen LogP contribution in [-0.4, -0.2) is 78.2 Å². The molecule has 202 valence electrons. The highest BCUT2D eigenvalue weighted by atomic mass is 32.2. The summed E-state index contributed by atoms with van der Waals surface area (Å²) in [7, 11) is -3.75. The second kappa shape index (κ2) is 11.7. The van der Waals surface area contributed by atoms with E-state index in [1.165, 1.54) is 10.4 Å². The quantitative estimate of drug-likeness (QED) is 0.405. The summed E-state index contributed by atoms with van der Waals surface area (Å²) in [5, 5.41) is 0. The Bertz CT molecular complexity index is 1390. The molecule has 0 radical (unpaired) electrons. The van der Waals surface area contributed by atoms with Gasteiger partial charge in [0.1, 0.15) is 17.1 Å². The summed E-state index contributed by atoms with van der Waals surface area (Å²) in [6.07, 6.45) is 3.39. The zero-order valence-corrected chi connectivity index (χ0v) is 22.6. The first-order valence-electron chi connectivity index (χ1n) is 13.0. The van der Waals surface area contributed by atoms with Crippen LogP contribution >= 0.6 is 0 Å². The van der Waals surface area contributed by atoms with Crippen molar-refractivity contribution in [2.24, 2.45) is 0 Å². The number of aromatic nitrogens is 3. The predicted molar refractivity (Wildman–Crippen MR) is 142 cm³/mol. The molecule has 0 spiro atoms. The first-order chi connectivity index (χ1) is 17.8. The highest BCUT2D eigenvalue weighted by molar-refractivity contribution is 7.89. The van der Waals surface area contributed by atoms with Crippen LogP contribution in [0.2, 0.25) is 0 Å². The van der Waals surface area contributed by atoms with Crippen LogP contribution in [-0.2, 0) is 23.0 Å². The number of fused-ring (bicyclic) bond motifs is 1. The molecule has 0 aliphatic carbocycles. The van der Waals surface area contributed by atoms with Gasteiger partial charge < -0.3 is 19.2 Å². The number of nitrogens with zero attached hydrogens (tertiary/aromatic N) is 4. The molecule has 1 aliphatic heterocycles. The lowest BCUT2D eigenvalue weighted by Crippen LogP contribution is -2.48. The Morgan fingerprint density at radius 1 is 1.11 bits per heavy atom. The van der Waals surface area contributed by atoms with Gasteiger partial charge in [-0.25, -0.2) is 13.4 Å². The number of benzene rings is 1. The number of aromatic amines is 1. The lowest BCUT2D eigenvalue weighted by Gasteiger charge is -2.33. The average Bonchev–Trinajstić information content (AvgIpc) is 3.28. The van der Waals surface area contributed by atoms with Gasteiger partial charge in [-0.05, 0) is 56.5 Å². The molecule has 0 unspecified atom stereocenters. The van der Waals surface area contributed by atoms with Crippen molar-refractivity contribution in [1.29, 1.82) is 0 Å². The number of sulfonamides is 1. The average molecular weight is 534 g/mol. The van der Waals surface area contributed by atoms with Crippen LogP contribution in [0.15, 0.2) is 34.1 Å². The molecule has 2 aromatic heterocycles. The van der Waals surface area contributed by atoms with E-state index in [0.29, 0.717) is 74.5 Å². The van der Waals surface area contributed by atoms with E-state index < -0.39 is 16.7 Å². The van der Waals surface area contributed by atoms with E-state index in [-0.39, 0.29) is 16.3 Å². The van der Waals surface area contributed by atoms with E-state index >= 15 is 0 Å². The van der Waals surface area contributed by atoms with Gasteiger partial charge in [0.05, 0.1) is 29.3 Å². The van der Waals surface area contributed by atoms with Gasteiger partial charge in [-0.2, -0.15) is 4.31 Å². The number of nitrogens with one attached hydrogen (secondary N) is 1. The molecule has 1 N–H and O–H groups in total. The molecule has 3 heterocycles. The molecule has 0 amide bonds. The molecule has 0 saturated carbocycles. The van der Waals surface area contributed by atoms with Gasteiger partial charge in [0.15, 0.2) is 0 Å². The second-order valence-corrected chi connectivity index (χ2v) is 11.1. The number of halogens is 1. The van der Waals surface area contributed by atoms with Crippen LogP contribution in [0.1, 0.15) is 39.2 Å². The molecular formula is C26H36FN5O4S. The van der Waals surface area contributed by atoms with Crippen molar-refractivity contribution in [3.8, 4) is 17.1 Å². The van der Waals surface area contributed by atoms with Gasteiger partial charge in [-0.3, -0.25) is 9.18 Å². The van der Waals surface area contributed by atoms with Crippen molar-refractivity contribution >= 4 is 21.1 Å². The fourth-order valence-electron chi connectivity index (χ4n) is 4.72. The van der Waals surface area contributed by atoms with Crippen molar-refractivity contribution < 1.29 is 17.5 Å². The van der Waals surface area contributed by atoms with E-state index in [0.717, 1.165) is 18.5 Å². The maximum Gasteiger partial charge on any atom is 0.275 e. The van der Waals surface area contributed by atoms with Gasteiger partial charge >= 0.3 is 0 Å². The molecule has 11 heteroatoms. The summed E-state index contributed by atoms with van der Waals surface area (Å²) in [4.78, 5) is 23.1. The van der Waals surface area contributed by atoms with Crippen LogP contribution in [0.25, 0.3) is 22.4 Å². The smallest absolute Gasteiger partial charge is 0.275 e. The summed E-state index contributed by atoms with van der Waals surface area (Å²) in [6.45, 7) is 9.59. The van der Waals surface area contributed by atoms with Crippen LogP contribution in [0.3, 0.4) is 0 Å². The Morgan fingerprint density at radius 3 is 2.51 bits per heavy atom. The van der Waals surface area contributed by atoms with Crippen LogP contribution in [0, 0.1) is 0 Å². The summed E-state index contributed by atoms with van der Waals surface area (Å²) in [6, 6.07) is 4.72. The number of piperazine rings is 1. The number of rotatable bonds is 11. The maximum atomic E-state index is 13.5. The Labute approximate surface area is 217 Å². The van der Waals surface area contributed by atoms with Crippen molar-refractivity contribution in [3.63, 3.8) is 0 Å². The zero-order chi connectivity index (χ0) is 26.6. The lowest BCUT2D eigenvalue weighted by atomic mass is 10.1. The Morgan fingerprint density at radius 2 is 1.86 bits per heavy atom. The van der Waals surface area contributed by atoms with E-state index in [9.17, 15) is 17.6 Å². The minimum Gasteiger partial charge on any atom is -0.493 e. The third-order valence-corrected chi connectivity index (χ3v) is 8.70. The molecule has 3 aromatic rings. The van der Waals surface area contributed by atoms with Gasteiger partial charge in [-0.15, -0.1) is 0 Å². The first kappa shape index (κ1) is 27.3. The van der Waals surface area contributed by atoms with Gasteiger partial charge in [0.25, 0.3) is 5.56 Å². The molecular weight excluding hydrogens is 497 g/mol. The Hall–Kier alpha value is -2.76. The monoisotopic (exact) mass is 533 g/mol. The molecule has 0 bridgehead atoms. The fraction of sp³-hybridized carbons (Fsp3) is 0.538. The lowest BCUT2D eigenvalue weighted by molar-refractivity contribution is 0.196. The zero-order valence-electron chi connectivity index (χ0n) is 21.8. The number of hydrogen-bond donors (Lipinski definition) is 1. The van der Waals surface area contributed by atoms with Crippen LogP contribution in [0.4, 0.5) is 4.39 Å². The topological polar surface area (TPSA) is 101 Å². The molecule has 1 aromatic carbocycles. The van der Waals surface area contributed by atoms with E-state index in [4.69, 9.17) is 9.72 Å². The van der Waals surface area contributed by atoms with Gasteiger partial charge in [-0.1, -0.05) is 13.8 Å². The standard InChI is InChI=1S/C26H36FN5O4S/c1-4-16-36-22-10-9-20(37(34,35)32-14-12-30(5-2)13-15-32)17-21(22)25-28-23-19(8-7-11-27)18-31(6-3)24(23)26(33)29-25/h9-10,17-18H,4-8,11-16H2,1-3H3,(H,28,29,33). The minimum atomic E-state index is -3.75. The Balaban J connectivity index is 1.82. The number of aryl methyl sites for hydroxylation is 2. The number of H-pyrrole nitrogens is 1. The number of ether oxygens (including phenoxy) is 1. The summed E-state index contributed by atoms with van der Waals surface area (Å²) >= 11 is 0. The van der Waals surface area contributed by atoms with Crippen molar-refractivity contribution in [1.82, 2.24) is 23.7 Å². The van der Waals surface area contributed by atoms with Crippen LogP contribution < -0.4 is 10.3 Å². The van der Waals surface area contributed by atoms with Crippen LogP contribution in [0.5, 0.6) is 5.75 Å². The Kier molecular flexibility index (Phi) is 8.66. The molecule has 1 aliphatic rings. The third-order valence-electron chi connectivity index (χ3n) is 6.80. The predicted octanol–water partition coefficient (Wildman–Crippen LogP) is 3.43. The van der Waals surface area contributed by atoms with Crippen molar-refractivity contribution in [3.05, 3.63) is 40.3 Å². The second-order valence-electron chi connectivity index (χ2n) is 9.19. The molecule has 0 atom stereocenters. The molecule has 37 heavy (non-hydrogen) atoms. The molecule has 1 saturated heterocycles.